The molecule has 0 atom stereocenters. The summed E-state index contributed by atoms with van der Waals surface area (Å²) in [5, 5.41) is 16.0. The number of aromatic nitrogens is 4. The van der Waals surface area contributed by atoms with Gasteiger partial charge in [0.1, 0.15) is 11.2 Å². The van der Waals surface area contributed by atoms with Crippen molar-refractivity contribution in [3.05, 3.63) is 194 Å². The molecule has 0 bridgehead atoms. The molecule has 0 N–H and O–H groups in total. The fourth-order valence-corrected chi connectivity index (χ4v) is 8.09. The second kappa shape index (κ2) is 14.0. The molecule has 0 spiro atoms. The highest BCUT2D eigenvalue weighted by Crippen LogP contribution is 2.43. The quantitative estimate of drug-likeness (QED) is 0.157. The summed E-state index contributed by atoms with van der Waals surface area (Å²) in [6.45, 7) is 0. The van der Waals surface area contributed by atoms with Gasteiger partial charge in [-0.05, 0) is 86.4 Å². The van der Waals surface area contributed by atoms with Crippen LogP contribution in [0.2, 0.25) is 0 Å². The maximum Gasteiger partial charge on any atom is 0.165 e. The monoisotopic (exact) mass is 753 g/mol. The minimum Gasteiger partial charge on any atom is -0.455 e. The highest BCUT2D eigenvalue weighted by Gasteiger charge is 2.18. The zero-order valence-electron chi connectivity index (χ0n) is 31.5. The Morgan fingerprint density at radius 3 is 1.58 bits per heavy atom. The van der Waals surface area contributed by atoms with Gasteiger partial charge in [-0.1, -0.05) is 133 Å². The van der Waals surface area contributed by atoms with Crippen molar-refractivity contribution >= 4 is 43.5 Å². The number of hydrogen-bond acceptors (Lipinski definition) is 6. The Hall–Kier alpha value is -8.27. The summed E-state index contributed by atoms with van der Waals surface area (Å²) in [5.41, 5.74) is 11.3. The Kier molecular flexibility index (Phi) is 8.09. The lowest BCUT2D eigenvalue weighted by atomic mass is 9.91. The number of furan rings is 1. The van der Waals surface area contributed by atoms with Crippen LogP contribution in [0.15, 0.2) is 193 Å². The summed E-state index contributed by atoms with van der Waals surface area (Å²) in [6, 6.07) is 62.1. The van der Waals surface area contributed by atoms with E-state index in [1.165, 1.54) is 0 Å². The number of pyridine rings is 1. The van der Waals surface area contributed by atoms with Gasteiger partial charge in [-0.15, -0.1) is 0 Å². The average Bonchev–Trinajstić information content (AvgIpc) is 3.72. The van der Waals surface area contributed by atoms with Gasteiger partial charge in [0.25, 0.3) is 0 Å². The minimum absolute atomic E-state index is 0.559. The van der Waals surface area contributed by atoms with Crippen LogP contribution in [-0.4, -0.2) is 19.9 Å². The first kappa shape index (κ1) is 34.0. The SMILES string of the molecule is N#Cc1ccc(-c2ccc3c4ccc(-c5cccc(-c6cncc(-c7nc(-c8ccccc8)nc(-c8ccccc8)n7)c6)c5)cc4c4oc5ccccc5c4c3c2)cc1. The molecule has 0 radical (unpaired) electrons. The lowest BCUT2D eigenvalue weighted by molar-refractivity contribution is 0.673. The molecule has 11 aromatic rings. The van der Waals surface area contributed by atoms with E-state index in [2.05, 4.69) is 89.9 Å². The Morgan fingerprint density at radius 2 is 0.881 bits per heavy atom. The van der Waals surface area contributed by atoms with E-state index >= 15 is 0 Å². The Balaban J connectivity index is 1.01. The number of nitrogens with zero attached hydrogens (tertiary/aromatic N) is 5. The van der Waals surface area contributed by atoms with Crippen molar-refractivity contribution < 1.29 is 4.42 Å². The standard InChI is InChI=1S/C53H31N5O/c54-30-33-18-20-34(21-19-33)39-22-24-43-44-25-23-40(29-47(44)50-49(46(43)28-39)45-16-7-8-17-48(45)59-50)37-14-9-15-38(26-37)41-27-42(32-55-31-41)53-57-51(35-10-3-1-4-11-35)56-52(58-53)36-12-5-2-6-13-36/h1-29,31-32H. The normalized spacial score (nSPS) is 11.4. The zero-order valence-corrected chi connectivity index (χ0v) is 31.5. The van der Waals surface area contributed by atoms with Crippen LogP contribution in [0.1, 0.15) is 5.56 Å². The lowest BCUT2D eigenvalue weighted by Crippen LogP contribution is -2.00. The van der Waals surface area contributed by atoms with E-state index in [9.17, 15) is 5.26 Å². The molecule has 274 valence electrons. The van der Waals surface area contributed by atoms with Gasteiger partial charge < -0.3 is 4.42 Å². The number of para-hydroxylation sites is 1. The molecule has 0 aliphatic heterocycles. The number of nitriles is 1. The van der Waals surface area contributed by atoms with Crippen LogP contribution in [-0.2, 0) is 0 Å². The molecule has 0 saturated carbocycles. The van der Waals surface area contributed by atoms with Crippen LogP contribution in [0.5, 0.6) is 0 Å². The molecule has 8 aromatic carbocycles. The van der Waals surface area contributed by atoms with Crippen LogP contribution in [0, 0.1) is 11.3 Å². The Morgan fingerprint density at radius 1 is 0.373 bits per heavy atom. The van der Waals surface area contributed by atoms with Crippen molar-refractivity contribution in [3.63, 3.8) is 0 Å². The van der Waals surface area contributed by atoms with Crippen molar-refractivity contribution in [1.82, 2.24) is 19.9 Å². The predicted molar refractivity (Wildman–Crippen MR) is 237 cm³/mol. The predicted octanol–water partition coefficient (Wildman–Crippen LogP) is 13.3. The first-order chi connectivity index (χ1) is 29.2. The zero-order chi connectivity index (χ0) is 39.3. The largest absolute Gasteiger partial charge is 0.455 e. The first-order valence-electron chi connectivity index (χ1n) is 19.4. The third kappa shape index (κ3) is 6.06. The second-order valence-corrected chi connectivity index (χ2v) is 14.6. The number of rotatable bonds is 6. The number of hydrogen-bond donors (Lipinski definition) is 0. The molecule has 0 amide bonds. The van der Waals surface area contributed by atoms with Gasteiger partial charge >= 0.3 is 0 Å². The van der Waals surface area contributed by atoms with Crippen molar-refractivity contribution in [2.75, 3.05) is 0 Å². The van der Waals surface area contributed by atoms with Crippen molar-refractivity contribution in [3.8, 4) is 73.6 Å². The minimum atomic E-state index is 0.559. The molecule has 3 heterocycles. The third-order valence-corrected chi connectivity index (χ3v) is 11.0. The fraction of sp³-hybridized carbons (Fsp3) is 0. The maximum atomic E-state index is 9.35. The molecule has 0 aliphatic carbocycles. The van der Waals surface area contributed by atoms with Gasteiger partial charge in [-0.25, -0.2) is 15.0 Å². The van der Waals surface area contributed by atoms with Crippen LogP contribution < -0.4 is 0 Å². The van der Waals surface area contributed by atoms with Crippen LogP contribution in [0.25, 0.3) is 111 Å². The van der Waals surface area contributed by atoms with Gasteiger partial charge in [0.15, 0.2) is 17.5 Å². The van der Waals surface area contributed by atoms with Gasteiger partial charge in [0, 0.05) is 50.8 Å². The number of fused-ring (bicyclic) bond motifs is 8. The van der Waals surface area contributed by atoms with E-state index in [-0.39, 0.29) is 0 Å². The summed E-state index contributed by atoms with van der Waals surface area (Å²) in [5.74, 6) is 1.77. The summed E-state index contributed by atoms with van der Waals surface area (Å²) in [6.07, 6.45) is 3.70. The Labute approximate surface area is 339 Å². The smallest absolute Gasteiger partial charge is 0.165 e. The van der Waals surface area contributed by atoms with Crippen molar-refractivity contribution in [2.45, 2.75) is 0 Å². The molecule has 11 rings (SSSR count). The van der Waals surface area contributed by atoms with Crippen LogP contribution >= 0.6 is 0 Å². The number of benzene rings is 8. The van der Waals surface area contributed by atoms with Gasteiger partial charge in [0.2, 0.25) is 0 Å². The third-order valence-electron chi connectivity index (χ3n) is 11.0. The summed E-state index contributed by atoms with van der Waals surface area (Å²) >= 11 is 0. The molecule has 3 aromatic heterocycles. The Bertz CT molecular complexity index is 3380. The molecular formula is C53H31N5O. The van der Waals surface area contributed by atoms with Crippen molar-refractivity contribution in [1.29, 1.82) is 5.26 Å². The summed E-state index contributed by atoms with van der Waals surface area (Å²) < 4.78 is 6.70. The highest BCUT2D eigenvalue weighted by molar-refractivity contribution is 6.30. The van der Waals surface area contributed by atoms with Gasteiger partial charge in [0.05, 0.1) is 11.6 Å². The summed E-state index contributed by atoms with van der Waals surface area (Å²) in [4.78, 5) is 19.4. The lowest BCUT2D eigenvalue weighted by Gasteiger charge is -2.12. The van der Waals surface area contributed by atoms with E-state index in [0.717, 1.165) is 93.6 Å². The molecule has 0 saturated heterocycles. The second-order valence-electron chi connectivity index (χ2n) is 14.6. The van der Waals surface area contributed by atoms with Crippen molar-refractivity contribution in [2.24, 2.45) is 0 Å². The first-order valence-corrected chi connectivity index (χ1v) is 19.4. The molecule has 59 heavy (non-hydrogen) atoms. The maximum absolute atomic E-state index is 9.35. The highest BCUT2D eigenvalue weighted by atomic mass is 16.3. The van der Waals surface area contributed by atoms with Gasteiger partial charge in [-0.3, -0.25) is 4.98 Å². The van der Waals surface area contributed by atoms with E-state index in [4.69, 9.17) is 19.4 Å². The van der Waals surface area contributed by atoms with E-state index < -0.39 is 0 Å². The van der Waals surface area contributed by atoms with Crippen LogP contribution in [0.4, 0.5) is 0 Å². The van der Waals surface area contributed by atoms with Gasteiger partial charge in [-0.2, -0.15) is 5.26 Å². The van der Waals surface area contributed by atoms with E-state index in [1.54, 1.807) is 0 Å². The van der Waals surface area contributed by atoms with Crippen LogP contribution in [0.3, 0.4) is 0 Å². The molecule has 6 heteroatoms. The molecular weight excluding hydrogens is 723 g/mol. The molecule has 0 unspecified atom stereocenters. The topological polar surface area (TPSA) is 88.5 Å². The molecule has 0 fully saturated rings. The average molecular weight is 754 g/mol. The molecule has 6 nitrogen and oxygen atoms in total. The summed E-state index contributed by atoms with van der Waals surface area (Å²) in [7, 11) is 0. The molecule has 0 aliphatic rings. The van der Waals surface area contributed by atoms with E-state index in [0.29, 0.717) is 23.0 Å². The fourth-order valence-electron chi connectivity index (χ4n) is 8.09. The van der Waals surface area contributed by atoms with E-state index in [1.807, 2.05) is 109 Å².